The van der Waals surface area contributed by atoms with Gasteiger partial charge in [-0.2, -0.15) is 13.2 Å². The standard InChI is InChI=1S/C35H44F3N3O7/c1-21-28(19-40-17-5-8-27(40)31(44)48-34(2,3)4)46-32(47-29(21)23-11-9-22(20-42)10-12-23)24-13-15-25(16-14-24)39-30(43)26-7-6-18-41(26)33(45)35(36,37)38/h9-16,21,26-29,32,42H,5-8,17-20H2,1-4H3,(H,39,43)/t21-,26+,27+,28+,29+,32+/m1/s1. The second-order valence-corrected chi connectivity index (χ2v) is 13.8. The molecule has 3 fully saturated rings. The van der Waals surface area contributed by atoms with Crippen LogP contribution in [-0.2, 0) is 35.2 Å². The number of esters is 1. The fourth-order valence-corrected chi connectivity index (χ4v) is 6.63. The smallest absolute Gasteiger partial charge is 0.459 e. The largest absolute Gasteiger partial charge is 0.471 e. The van der Waals surface area contributed by atoms with Crippen molar-refractivity contribution in [2.75, 3.05) is 25.0 Å². The number of alkyl halides is 3. The van der Waals surface area contributed by atoms with E-state index in [1.54, 1.807) is 24.3 Å². The second-order valence-electron chi connectivity index (χ2n) is 13.8. The van der Waals surface area contributed by atoms with Gasteiger partial charge in [-0.05, 0) is 76.3 Å². The van der Waals surface area contributed by atoms with Crippen molar-refractivity contribution in [2.24, 2.45) is 5.92 Å². The summed E-state index contributed by atoms with van der Waals surface area (Å²) in [6.45, 7) is 8.55. The number of likely N-dealkylation sites (tertiary alicyclic amines) is 2. The van der Waals surface area contributed by atoms with E-state index >= 15 is 0 Å². The zero-order valence-electron chi connectivity index (χ0n) is 27.7. The Kier molecular flexibility index (Phi) is 10.8. The zero-order valence-corrected chi connectivity index (χ0v) is 27.7. The van der Waals surface area contributed by atoms with Crippen LogP contribution in [0.15, 0.2) is 48.5 Å². The molecule has 13 heteroatoms. The Labute approximate surface area is 278 Å². The van der Waals surface area contributed by atoms with Crippen LogP contribution < -0.4 is 5.32 Å². The van der Waals surface area contributed by atoms with Crippen molar-refractivity contribution in [1.82, 2.24) is 9.80 Å². The number of halogens is 3. The first-order valence-electron chi connectivity index (χ1n) is 16.4. The molecule has 0 radical (unpaired) electrons. The average Bonchev–Trinajstić information content (AvgIpc) is 3.71. The normalized spacial score (nSPS) is 26.8. The number of nitrogens with one attached hydrogen (secondary N) is 1. The van der Waals surface area contributed by atoms with Crippen molar-refractivity contribution in [3.05, 3.63) is 65.2 Å². The first-order valence-corrected chi connectivity index (χ1v) is 16.4. The number of carbonyl (C=O) groups is 3. The van der Waals surface area contributed by atoms with Gasteiger partial charge in [0.05, 0.1) is 18.8 Å². The number of benzene rings is 2. The van der Waals surface area contributed by atoms with Gasteiger partial charge in [-0.15, -0.1) is 0 Å². The van der Waals surface area contributed by atoms with E-state index < -0.39 is 35.9 Å². The van der Waals surface area contributed by atoms with Crippen molar-refractivity contribution < 1.29 is 46.9 Å². The topological polar surface area (TPSA) is 118 Å². The zero-order chi connectivity index (χ0) is 34.8. The predicted molar refractivity (Wildman–Crippen MR) is 169 cm³/mol. The summed E-state index contributed by atoms with van der Waals surface area (Å²) in [5.41, 5.74) is 2.07. The summed E-state index contributed by atoms with van der Waals surface area (Å²) in [4.78, 5) is 40.5. The van der Waals surface area contributed by atoms with Crippen LogP contribution in [0, 0.1) is 5.92 Å². The number of ether oxygens (including phenoxy) is 3. The number of aliphatic hydroxyl groups is 1. The number of aliphatic hydroxyl groups excluding tert-OH is 1. The van der Waals surface area contributed by atoms with Gasteiger partial charge in [-0.3, -0.25) is 19.3 Å². The van der Waals surface area contributed by atoms with Gasteiger partial charge in [-0.25, -0.2) is 0 Å². The predicted octanol–water partition coefficient (Wildman–Crippen LogP) is 5.27. The minimum absolute atomic E-state index is 0.0863. The van der Waals surface area contributed by atoms with Crippen LogP contribution in [0.5, 0.6) is 0 Å². The molecule has 262 valence electrons. The van der Waals surface area contributed by atoms with Gasteiger partial charge >= 0.3 is 18.1 Å². The summed E-state index contributed by atoms with van der Waals surface area (Å²) in [7, 11) is 0. The molecule has 2 aromatic carbocycles. The molecule has 3 saturated heterocycles. The van der Waals surface area contributed by atoms with E-state index in [0.717, 1.165) is 24.1 Å². The van der Waals surface area contributed by atoms with Gasteiger partial charge in [0, 0.05) is 30.3 Å². The molecule has 2 aromatic rings. The first kappa shape index (κ1) is 35.8. The van der Waals surface area contributed by atoms with Gasteiger partial charge in [-0.1, -0.05) is 43.3 Å². The fourth-order valence-electron chi connectivity index (χ4n) is 6.63. The van der Waals surface area contributed by atoms with Crippen molar-refractivity contribution in [1.29, 1.82) is 0 Å². The summed E-state index contributed by atoms with van der Waals surface area (Å²) in [6.07, 6.45) is -4.60. The lowest BCUT2D eigenvalue weighted by Gasteiger charge is -2.43. The number of carbonyl (C=O) groups excluding carboxylic acids is 3. The van der Waals surface area contributed by atoms with E-state index in [1.807, 2.05) is 52.0 Å². The van der Waals surface area contributed by atoms with E-state index in [1.165, 1.54) is 0 Å². The fraction of sp³-hybridized carbons (Fsp3) is 0.571. The van der Waals surface area contributed by atoms with Gasteiger partial charge in [0.2, 0.25) is 5.91 Å². The maximum atomic E-state index is 13.1. The molecule has 5 rings (SSSR count). The van der Waals surface area contributed by atoms with E-state index in [2.05, 4.69) is 10.2 Å². The molecule has 0 aliphatic carbocycles. The van der Waals surface area contributed by atoms with Crippen molar-refractivity contribution in [3.8, 4) is 0 Å². The Hall–Kier alpha value is -3.52. The molecule has 3 aliphatic heterocycles. The Morgan fingerprint density at radius 3 is 2.17 bits per heavy atom. The Bertz CT molecular complexity index is 1450. The Morgan fingerprint density at radius 1 is 0.917 bits per heavy atom. The van der Waals surface area contributed by atoms with Gasteiger partial charge < -0.3 is 29.5 Å². The van der Waals surface area contributed by atoms with E-state index in [4.69, 9.17) is 14.2 Å². The third kappa shape index (κ3) is 8.36. The van der Waals surface area contributed by atoms with Crippen LogP contribution in [0.3, 0.4) is 0 Å². The molecule has 2 amide bonds. The van der Waals surface area contributed by atoms with Crippen LogP contribution in [0.4, 0.5) is 18.9 Å². The van der Waals surface area contributed by atoms with Gasteiger partial charge in [0.25, 0.3) is 0 Å². The lowest BCUT2D eigenvalue weighted by Crippen LogP contribution is -2.48. The number of nitrogens with zero attached hydrogens (tertiary/aromatic N) is 2. The van der Waals surface area contributed by atoms with Crippen LogP contribution in [0.1, 0.15) is 82.5 Å². The monoisotopic (exact) mass is 675 g/mol. The first-order chi connectivity index (χ1) is 22.6. The molecule has 48 heavy (non-hydrogen) atoms. The molecule has 6 atom stereocenters. The third-order valence-electron chi connectivity index (χ3n) is 9.09. The lowest BCUT2D eigenvalue weighted by molar-refractivity contribution is -0.276. The van der Waals surface area contributed by atoms with Crippen LogP contribution >= 0.6 is 0 Å². The summed E-state index contributed by atoms with van der Waals surface area (Å²) in [6, 6.07) is 12.6. The highest BCUT2D eigenvalue weighted by Crippen LogP contribution is 2.42. The molecule has 0 aromatic heterocycles. The number of hydrogen-bond donors (Lipinski definition) is 2. The van der Waals surface area contributed by atoms with E-state index in [0.29, 0.717) is 35.5 Å². The van der Waals surface area contributed by atoms with Crippen LogP contribution in [0.2, 0.25) is 0 Å². The second kappa shape index (κ2) is 14.5. The van der Waals surface area contributed by atoms with Crippen molar-refractivity contribution in [3.63, 3.8) is 0 Å². The number of anilines is 1. The number of rotatable bonds is 8. The molecule has 0 spiro atoms. The summed E-state index contributed by atoms with van der Waals surface area (Å²) >= 11 is 0. The molecule has 0 saturated carbocycles. The summed E-state index contributed by atoms with van der Waals surface area (Å²) in [5, 5.41) is 12.2. The molecule has 0 bridgehead atoms. The number of hydrogen-bond acceptors (Lipinski definition) is 8. The molecule has 0 unspecified atom stereocenters. The average molecular weight is 676 g/mol. The number of amides is 2. The van der Waals surface area contributed by atoms with Gasteiger partial charge in [0.1, 0.15) is 17.7 Å². The highest BCUT2D eigenvalue weighted by molar-refractivity contribution is 5.98. The maximum absolute atomic E-state index is 13.1. The lowest BCUT2D eigenvalue weighted by atomic mass is 9.90. The Balaban J connectivity index is 1.33. The maximum Gasteiger partial charge on any atom is 0.471 e. The third-order valence-corrected chi connectivity index (χ3v) is 9.09. The van der Waals surface area contributed by atoms with Crippen LogP contribution in [0.25, 0.3) is 0 Å². The highest BCUT2D eigenvalue weighted by atomic mass is 19.4. The van der Waals surface area contributed by atoms with Crippen molar-refractivity contribution >= 4 is 23.5 Å². The summed E-state index contributed by atoms with van der Waals surface area (Å²) in [5.74, 6) is -3.08. The molecular weight excluding hydrogens is 631 g/mol. The molecule has 3 heterocycles. The van der Waals surface area contributed by atoms with E-state index in [-0.39, 0.29) is 49.7 Å². The highest BCUT2D eigenvalue weighted by Gasteiger charge is 2.48. The van der Waals surface area contributed by atoms with E-state index in [9.17, 15) is 32.7 Å². The van der Waals surface area contributed by atoms with Crippen LogP contribution in [-0.4, -0.2) is 82.3 Å². The van der Waals surface area contributed by atoms with Crippen molar-refractivity contribution in [2.45, 2.75) is 102 Å². The minimum Gasteiger partial charge on any atom is -0.459 e. The molecule has 2 N–H and O–H groups in total. The SMILES string of the molecule is C[C@@H]1[C@H](CN2CCC[C@H]2C(=O)OC(C)(C)C)O[C@H](c2ccc(NC(=O)[C@@H]3CCCN3C(=O)C(F)(F)F)cc2)O[C@@H]1c1ccc(CO)cc1. The Morgan fingerprint density at radius 2 is 1.54 bits per heavy atom. The summed E-state index contributed by atoms with van der Waals surface area (Å²) < 4.78 is 57.9. The molecule has 3 aliphatic rings. The molecule has 10 nitrogen and oxygen atoms in total. The van der Waals surface area contributed by atoms with Gasteiger partial charge in [0.15, 0.2) is 6.29 Å². The minimum atomic E-state index is -5.05. The quantitative estimate of drug-likeness (QED) is 0.364. The molecular formula is C35H44F3N3O7.